The number of likely N-dealkylation sites (tertiary alicyclic amines) is 1. The maximum Gasteiger partial charge on any atom is 0.248 e. The Labute approximate surface area is 131 Å². The molecule has 0 saturated carbocycles. The average molecular weight is 307 g/mol. The Morgan fingerprint density at radius 3 is 2.77 bits per heavy atom. The van der Waals surface area contributed by atoms with Crippen molar-refractivity contribution in [3.63, 3.8) is 0 Å². The molecule has 1 saturated heterocycles. The van der Waals surface area contributed by atoms with E-state index in [1.165, 1.54) is 0 Å². The standard InChI is InChI=1S/C16H25N3O3/c1-4-22-11-15(20)19-7-5-13(6-8-19)16-14(10-21-3)9-17-12(2)18-16/h9,13H,4-8,10-11H2,1-3H3. The van der Waals surface area contributed by atoms with Gasteiger partial charge in [-0.2, -0.15) is 0 Å². The molecule has 6 heteroatoms. The van der Waals surface area contributed by atoms with Gasteiger partial charge >= 0.3 is 0 Å². The van der Waals surface area contributed by atoms with Crippen molar-refractivity contribution < 1.29 is 14.3 Å². The molecule has 1 fully saturated rings. The Morgan fingerprint density at radius 2 is 2.14 bits per heavy atom. The first kappa shape index (κ1) is 16.8. The third-order valence-corrected chi connectivity index (χ3v) is 3.98. The van der Waals surface area contributed by atoms with Gasteiger partial charge < -0.3 is 14.4 Å². The topological polar surface area (TPSA) is 64.5 Å². The number of aromatic nitrogens is 2. The van der Waals surface area contributed by atoms with Crippen LogP contribution >= 0.6 is 0 Å². The minimum Gasteiger partial charge on any atom is -0.380 e. The zero-order chi connectivity index (χ0) is 15.9. The quantitative estimate of drug-likeness (QED) is 0.800. The molecule has 0 atom stereocenters. The van der Waals surface area contributed by atoms with Gasteiger partial charge in [-0.05, 0) is 26.7 Å². The van der Waals surface area contributed by atoms with E-state index in [0.29, 0.717) is 19.1 Å². The van der Waals surface area contributed by atoms with Crippen molar-refractivity contribution in [2.45, 2.75) is 39.2 Å². The molecule has 0 aliphatic carbocycles. The monoisotopic (exact) mass is 307 g/mol. The number of rotatable bonds is 6. The molecule has 0 spiro atoms. The Kier molecular flexibility index (Phi) is 6.27. The molecular formula is C16H25N3O3. The van der Waals surface area contributed by atoms with Crippen LogP contribution < -0.4 is 0 Å². The minimum absolute atomic E-state index is 0.0799. The largest absolute Gasteiger partial charge is 0.380 e. The summed E-state index contributed by atoms with van der Waals surface area (Å²) in [7, 11) is 1.68. The van der Waals surface area contributed by atoms with Gasteiger partial charge in [0.05, 0.1) is 12.3 Å². The number of nitrogens with zero attached hydrogens (tertiary/aromatic N) is 3. The molecule has 1 aromatic heterocycles. The van der Waals surface area contributed by atoms with E-state index in [2.05, 4.69) is 9.97 Å². The fourth-order valence-corrected chi connectivity index (χ4v) is 2.82. The number of amides is 1. The van der Waals surface area contributed by atoms with Gasteiger partial charge in [0.1, 0.15) is 12.4 Å². The third kappa shape index (κ3) is 4.24. The fourth-order valence-electron chi connectivity index (χ4n) is 2.82. The lowest BCUT2D eigenvalue weighted by Gasteiger charge is -2.32. The average Bonchev–Trinajstić information content (AvgIpc) is 2.54. The molecule has 0 unspecified atom stereocenters. The van der Waals surface area contributed by atoms with E-state index in [9.17, 15) is 4.79 Å². The summed E-state index contributed by atoms with van der Waals surface area (Å²) in [5.41, 5.74) is 2.12. The normalized spacial score (nSPS) is 16.0. The van der Waals surface area contributed by atoms with Gasteiger partial charge in [-0.15, -0.1) is 0 Å². The lowest BCUT2D eigenvalue weighted by molar-refractivity contribution is -0.137. The van der Waals surface area contributed by atoms with Gasteiger partial charge in [-0.1, -0.05) is 0 Å². The maximum atomic E-state index is 12.0. The summed E-state index contributed by atoms with van der Waals surface area (Å²) in [6.07, 6.45) is 3.70. The van der Waals surface area contributed by atoms with Crippen LogP contribution in [0.5, 0.6) is 0 Å². The lowest BCUT2D eigenvalue weighted by Crippen LogP contribution is -2.40. The molecule has 1 aromatic rings. The molecule has 0 radical (unpaired) electrons. The van der Waals surface area contributed by atoms with Gasteiger partial charge in [-0.25, -0.2) is 9.97 Å². The van der Waals surface area contributed by atoms with Gasteiger partial charge in [0, 0.05) is 44.5 Å². The highest BCUT2D eigenvalue weighted by Gasteiger charge is 2.26. The van der Waals surface area contributed by atoms with Crippen LogP contribution in [-0.2, 0) is 20.9 Å². The zero-order valence-corrected chi connectivity index (χ0v) is 13.7. The number of ether oxygens (including phenoxy) is 2. The number of aryl methyl sites for hydroxylation is 1. The Morgan fingerprint density at radius 1 is 1.41 bits per heavy atom. The van der Waals surface area contributed by atoms with Crippen molar-refractivity contribution in [2.75, 3.05) is 33.4 Å². The molecular weight excluding hydrogens is 282 g/mol. The van der Waals surface area contributed by atoms with E-state index in [1.807, 2.05) is 24.9 Å². The third-order valence-electron chi connectivity index (χ3n) is 3.98. The predicted molar refractivity (Wildman–Crippen MR) is 82.5 cm³/mol. The van der Waals surface area contributed by atoms with E-state index in [0.717, 1.165) is 43.0 Å². The molecule has 1 aliphatic heterocycles. The fraction of sp³-hybridized carbons (Fsp3) is 0.688. The predicted octanol–water partition coefficient (Wildman–Crippen LogP) is 1.67. The highest BCUT2D eigenvalue weighted by atomic mass is 16.5. The summed E-state index contributed by atoms with van der Waals surface area (Å²) in [4.78, 5) is 22.7. The van der Waals surface area contributed by atoms with E-state index < -0.39 is 0 Å². The summed E-state index contributed by atoms with van der Waals surface area (Å²) < 4.78 is 10.4. The van der Waals surface area contributed by atoms with Crippen molar-refractivity contribution >= 4 is 5.91 Å². The molecule has 1 aliphatic rings. The number of methoxy groups -OCH3 is 1. The number of hydrogen-bond acceptors (Lipinski definition) is 5. The summed E-state index contributed by atoms with van der Waals surface area (Å²) in [5.74, 6) is 1.23. The zero-order valence-electron chi connectivity index (χ0n) is 13.7. The molecule has 122 valence electrons. The van der Waals surface area contributed by atoms with Crippen LogP contribution in [0.3, 0.4) is 0 Å². The van der Waals surface area contributed by atoms with E-state index in [-0.39, 0.29) is 12.5 Å². The van der Waals surface area contributed by atoms with Crippen LogP contribution in [-0.4, -0.2) is 54.2 Å². The summed E-state index contributed by atoms with van der Waals surface area (Å²) >= 11 is 0. The highest BCUT2D eigenvalue weighted by molar-refractivity contribution is 5.77. The first-order valence-electron chi connectivity index (χ1n) is 7.82. The molecule has 1 amide bonds. The van der Waals surface area contributed by atoms with Crippen molar-refractivity contribution in [1.82, 2.24) is 14.9 Å². The maximum absolute atomic E-state index is 12.0. The molecule has 0 N–H and O–H groups in total. The summed E-state index contributed by atoms with van der Waals surface area (Å²) in [5, 5.41) is 0. The molecule has 0 aromatic carbocycles. The first-order chi connectivity index (χ1) is 10.7. The van der Waals surface area contributed by atoms with Crippen molar-refractivity contribution in [1.29, 1.82) is 0 Å². The van der Waals surface area contributed by atoms with Crippen molar-refractivity contribution in [3.05, 3.63) is 23.3 Å². The second-order valence-electron chi connectivity index (χ2n) is 5.55. The molecule has 6 nitrogen and oxygen atoms in total. The second-order valence-corrected chi connectivity index (χ2v) is 5.55. The van der Waals surface area contributed by atoms with E-state index >= 15 is 0 Å². The van der Waals surface area contributed by atoms with Crippen LogP contribution in [0.15, 0.2) is 6.20 Å². The highest BCUT2D eigenvalue weighted by Crippen LogP contribution is 2.29. The van der Waals surface area contributed by atoms with Crippen LogP contribution in [0.4, 0.5) is 0 Å². The molecule has 2 rings (SSSR count). The van der Waals surface area contributed by atoms with Gasteiger partial charge in [0.2, 0.25) is 5.91 Å². The Hall–Kier alpha value is -1.53. The van der Waals surface area contributed by atoms with Gasteiger partial charge in [0.15, 0.2) is 0 Å². The van der Waals surface area contributed by atoms with Crippen LogP contribution in [0.25, 0.3) is 0 Å². The van der Waals surface area contributed by atoms with E-state index in [4.69, 9.17) is 9.47 Å². The first-order valence-corrected chi connectivity index (χ1v) is 7.82. The minimum atomic E-state index is 0.0799. The Bertz CT molecular complexity index is 499. The number of carbonyl (C=O) groups is 1. The number of hydrogen-bond donors (Lipinski definition) is 0. The van der Waals surface area contributed by atoms with Gasteiger partial charge in [-0.3, -0.25) is 4.79 Å². The number of piperidine rings is 1. The van der Waals surface area contributed by atoms with Crippen molar-refractivity contribution in [3.8, 4) is 0 Å². The number of carbonyl (C=O) groups excluding carboxylic acids is 1. The molecule has 0 bridgehead atoms. The van der Waals surface area contributed by atoms with Crippen molar-refractivity contribution in [2.24, 2.45) is 0 Å². The van der Waals surface area contributed by atoms with E-state index in [1.54, 1.807) is 7.11 Å². The van der Waals surface area contributed by atoms with Crippen LogP contribution in [0.1, 0.15) is 42.8 Å². The second kappa shape index (κ2) is 8.19. The van der Waals surface area contributed by atoms with Crippen LogP contribution in [0, 0.1) is 6.92 Å². The lowest BCUT2D eigenvalue weighted by atomic mass is 9.91. The molecule has 22 heavy (non-hydrogen) atoms. The smallest absolute Gasteiger partial charge is 0.248 e. The van der Waals surface area contributed by atoms with Crippen LogP contribution in [0.2, 0.25) is 0 Å². The Balaban J connectivity index is 1.99. The van der Waals surface area contributed by atoms with Gasteiger partial charge in [0.25, 0.3) is 0 Å². The SMILES string of the molecule is CCOCC(=O)N1CCC(c2nc(C)ncc2COC)CC1. The summed E-state index contributed by atoms with van der Waals surface area (Å²) in [6.45, 7) is 6.60. The summed E-state index contributed by atoms with van der Waals surface area (Å²) in [6, 6.07) is 0. The molecule has 2 heterocycles.